The second-order valence-corrected chi connectivity index (χ2v) is 14.9. The molecule has 2 saturated carbocycles. The molecule has 2 unspecified atom stereocenters. The maximum absolute atomic E-state index is 14.1. The number of ether oxygens (including phenoxy) is 2. The van der Waals surface area contributed by atoms with Crippen molar-refractivity contribution in [1.29, 1.82) is 0 Å². The SMILES string of the molecule is CC(=O)Oc1ccc2c3c1O[C@H]1[C@@H](N(CC(C)C)C(=O)CCCCCc4ccccc4)CC[C@H]4[C@@H](C2)N(CC2CC2O)CC[C@@]341. The predicted octanol–water partition coefficient (Wildman–Crippen LogP) is 5.69. The molecule has 2 aromatic rings. The quantitative estimate of drug-likeness (QED) is 0.188. The molecule has 7 nitrogen and oxygen atoms in total. The zero-order valence-corrected chi connectivity index (χ0v) is 27.2. The van der Waals surface area contributed by atoms with E-state index in [9.17, 15) is 14.7 Å². The zero-order chi connectivity index (χ0) is 31.3. The molecular formula is C38H50N2O5. The van der Waals surface area contributed by atoms with Crippen LogP contribution in [0.3, 0.4) is 0 Å². The summed E-state index contributed by atoms with van der Waals surface area (Å²) in [6.07, 6.45) is 9.15. The first-order valence-electron chi connectivity index (χ1n) is 17.5. The lowest BCUT2D eigenvalue weighted by Gasteiger charge is -2.60. The molecule has 7 rings (SSSR count). The van der Waals surface area contributed by atoms with Crippen molar-refractivity contribution >= 4 is 11.9 Å². The lowest BCUT2D eigenvalue weighted by atomic mass is 9.51. The Labute approximate surface area is 268 Å². The van der Waals surface area contributed by atoms with Crippen LogP contribution in [0.4, 0.5) is 0 Å². The van der Waals surface area contributed by atoms with Crippen LogP contribution in [-0.2, 0) is 27.8 Å². The molecule has 45 heavy (non-hydrogen) atoms. The van der Waals surface area contributed by atoms with E-state index in [-0.39, 0.29) is 35.5 Å². The minimum Gasteiger partial charge on any atom is -0.483 e. The Bertz CT molecular complexity index is 1410. The number of aliphatic hydroxyl groups is 1. The highest BCUT2D eigenvalue weighted by atomic mass is 16.6. The van der Waals surface area contributed by atoms with Gasteiger partial charge in [-0.1, -0.05) is 56.7 Å². The standard InChI is InChI=1S/C38H50N2O5/c1-24(2)22-40(34(43)13-9-5-8-12-26-10-6-4-7-11-26)30-16-15-29-31-20-27-14-17-33(44-25(3)41)36-35(27)38(29,37(30)45-36)18-19-39(31)23-28-21-32(28)42/h4,6-7,10-11,14,17,24,28-32,37,42H,5,8-9,12-13,15-16,18-23H2,1-3H3/t28?,29-,30-,31+,32?,37-,38-/m0/s1. The number of amides is 1. The van der Waals surface area contributed by atoms with Gasteiger partial charge >= 0.3 is 5.97 Å². The third-order valence-corrected chi connectivity index (χ3v) is 11.5. The van der Waals surface area contributed by atoms with Crippen LogP contribution >= 0.6 is 0 Å². The van der Waals surface area contributed by atoms with Crippen LogP contribution in [0.1, 0.15) is 88.8 Å². The molecule has 2 heterocycles. The number of unbranched alkanes of at least 4 members (excludes halogenated alkanes) is 2. The van der Waals surface area contributed by atoms with Crippen molar-refractivity contribution in [2.75, 3.05) is 19.6 Å². The van der Waals surface area contributed by atoms with E-state index in [1.54, 1.807) is 0 Å². The molecule has 1 saturated heterocycles. The van der Waals surface area contributed by atoms with Crippen LogP contribution < -0.4 is 9.47 Å². The molecule has 3 fully saturated rings. The Morgan fingerprint density at radius 2 is 1.91 bits per heavy atom. The van der Waals surface area contributed by atoms with Crippen LogP contribution in [0.25, 0.3) is 0 Å². The zero-order valence-electron chi connectivity index (χ0n) is 27.2. The normalized spacial score (nSPS) is 30.9. The average Bonchev–Trinajstić information content (AvgIpc) is 3.59. The molecular weight excluding hydrogens is 564 g/mol. The van der Waals surface area contributed by atoms with Crippen LogP contribution in [0.15, 0.2) is 42.5 Å². The molecule has 0 radical (unpaired) electrons. The molecule has 1 N–H and O–H groups in total. The monoisotopic (exact) mass is 614 g/mol. The summed E-state index contributed by atoms with van der Waals surface area (Å²) in [4.78, 5) is 31.1. The Hall–Kier alpha value is -2.90. The van der Waals surface area contributed by atoms with E-state index < -0.39 is 0 Å². The molecule has 7 atom stereocenters. The van der Waals surface area contributed by atoms with Crippen molar-refractivity contribution in [2.24, 2.45) is 17.8 Å². The summed E-state index contributed by atoms with van der Waals surface area (Å²) in [5.74, 6) is 2.32. The van der Waals surface area contributed by atoms with Gasteiger partial charge in [-0.15, -0.1) is 0 Å². The number of nitrogens with zero attached hydrogens (tertiary/aromatic N) is 2. The Morgan fingerprint density at radius 3 is 2.64 bits per heavy atom. The van der Waals surface area contributed by atoms with E-state index in [2.05, 4.69) is 60.0 Å². The van der Waals surface area contributed by atoms with Crippen molar-refractivity contribution < 1.29 is 24.2 Å². The number of hydrogen-bond acceptors (Lipinski definition) is 6. The van der Waals surface area contributed by atoms with Crippen LogP contribution in [-0.4, -0.2) is 70.7 Å². The first-order valence-corrected chi connectivity index (χ1v) is 17.5. The molecule has 3 aliphatic carbocycles. The van der Waals surface area contributed by atoms with Gasteiger partial charge in [0, 0.05) is 49.4 Å². The summed E-state index contributed by atoms with van der Waals surface area (Å²) in [6, 6.07) is 15.0. The second kappa shape index (κ2) is 12.4. The van der Waals surface area contributed by atoms with Crippen molar-refractivity contribution in [3.05, 3.63) is 59.2 Å². The summed E-state index contributed by atoms with van der Waals surface area (Å²) in [5, 5.41) is 10.2. The van der Waals surface area contributed by atoms with E-state index in [4.69, 9.17) is 9.47 Å². The topological polar surface area (TPSA) is 79.3 Å². The summed E-state index contributed by atoms with van der Waals surface area (Å²) >= 11 is 0. The second-order valence-electron chi connectivity index (χ2n) is 14.9. The number of carbonyl (C=O) groups is 2. The van der Waals surface area contributed by atoms with Gasteiger partial charge in [-0.05, 0) is 86.9 Å². The fourth-order valence-corrected chi connectivity index (χ4v) is 9.48. The summed E-state index contributed by atoms with van der Waals surface area (Å²) in [7, 11) is 0. The van der Waals surface area contributed by atoms with E-state index in [0.29, 0.717) is 36.0 Å². The number of carbonyl (C=O) groups excluding carboxylic acids is 2. The lowest BCUT2D eigenvalue weighted by Crippen LogP contribution is -2.69. The Kier molecular flexibility index (Phi) is 8.45. The number of rotatable bonds is 12. The van der Waals surface area contributed by atoms with Gasteiger partial charge in [0.1, 0.15) is 6.10 Å². The number of esters is 1. The van der Waals surface area contributed by atoms with Crippen molar-refractivity contribution in [1.82, 2.24) is 9.80 Å². The van der Waals surface area contributed by atoms with E-state index in [1.807, 2.05) is 6.07 Å². The molecule has 1 spiro atoms. The Balaban J connectivity index is 1.15. The summed E-state index contributed by atoms with van der Waals surface area (Å²) < 4.78 is 12.8. The fraction of sp³-hybridized carbons (Fsp3) is 0.632. The summed E-state index contributed by atoms with van der Waals surface area (Å²) in [6.45, 7) is 8.50. The maximum atomic E-state index is 14.1. The third-order valence-electron chi connectivity index (χ3n) is 11.5. The minimum atomic E-state index is -0.342. The van der Waals surface area contributed by atoms with Gasteiger partial charge in [-0.2, -0.15) is 0 Å². The summed E-state index contributed by atoms with van der Waals surface area (Å²) in [5.41, 5.74) is 3.71. The smallest absolute Gasteiger partial charge is 0.308 e. The first-order chi connectivity index (χ1) is 21.8. The highest BCUT2D eigenvalue weighted by molar-refractivity contribution is 5.77. The van der Waals surface area contributed by atoms with Gasteiger partial charge in [-0.25, -0.2) is 0 Å². The number of aryl methyl sites for hydroxylation is 1. The van der Waals surface area contributed by atoms with Crippen molar-refractivity contribution in [3.8, 4) is 11.5 Å². The van der Waals surface area contributed by atoms with Crippen molar-refractivity contribution in [2.45, 2.75) is 115 Å². The lowest BCUT2D eigenvalue weighted by molar-refractivity contribution is -0.143. The van der Waals surface area contributed by atoms with Gasteiger partial charge in [0.15, 0.2) is 11.5 Å². The maximum Gasteiger partial charge on any atom is 0.308 e. The van der Waals surface area contributed by atoms with Crippen LogP contribution in [0, 0.1) is 17.8 Å². The van der Waals surface area contributed by atoms with E-state index in [1.165, 1.54) is 23.6 Å². The van der Waals surface area contributed by atoms with Crippen LogP contribution in [0.2, 0.25) is 0 Å². The van der Waals surface area contributed by atoms with Gasteiger partial charge in [0.25, 0.3) is 0 Å². The highest BCUT2D eigenvalue weighted by Crippen LogP contribution is 2.64. The fourth-order valence-electron chi connectivity index (χ4n) is 9.48. The van der Waals surface area contributed by atoms with Gasteiger partial charge in [0.05, 0.1) is 12.1 Å². The third kappa shape index (κ3) is 5.69. The molecule has 2 aliphatic heterocycles. The van der Waals surface area contributed by atoms with E-state index >= 15 is 0 Å². The van der Waals surface area contributed by atoms with Crippen LogP contribution in [0.5, 0.6) is 11.5 Å². The Morgan fingerprint density at radius 1 is 1.11 bits per heavy atom. The number of aliphatic hydroxyl groups excluding tert-OH is 1. The molecule has 2 aromatic carbocycles. The predicted molar refractivity (Wildman–Crippen MR) is 173 cm³/mol. The molecule has 1 amide bonds. The molecule has 5 aliphatic rings. The van der Waals surface area contributed by atoms with Crippen molar-refractivity contribution in [3.63, 3.8) is 0 Å². The van der Waals surface area contributed by atoms with Gasteiger partial charge in [-0.3, -0.25) is 14.5 Å². The minimum absolute atomic E-state index is 0.0125. The largest absolute Gasteiger partial charge is 0.483 e. The van der Waals surface area contributed by atoms with E-state index in [0.717, 1.165) is 83.2 Å². The molecule has 0 aromatic heterocycles. The van der Waals surface area contributed by atoms with Gasteiger partial charge < -0.3 is 19.5 Å². The molecule has 7 heteroatoms. The number of piperidine rings is 1. The molecule has 2 bridgehead atoms. The number of benzene rings is 2. The first kappa shape index (κ1) is 30.7. The number of likely N-dealkylation sites (tertiary alicyclic amines) is 1. The molecule has 242 valence electrons. The van der Waals surface area contributed by atoms with Gasteiger partial charge in [0.2, 0.25) is 5.91 Å². The number of hydrogen-bond donors (Lipinski definition) is 1. The average molecular weight is 615 g/mol. The highest BCUT2D eigenvalue weighted by Gasteiger charge is 2.67.